The summed E-state index contributed by atoms with van der Waals surface area (Å²) in [5.41, 5.74) is 6.49. The van der Waals surface area contributed by atoms with Gasteiger partial charge in [-0.3, -0.25) is 0 Å². The second kappa shape index (κ2) is 26.7. The van der Waals surface area contributed by atoms with E-state index in [-0.39, 0.29) is 46.2 Å². The summed E-state index contributed by atoms with van der Waals surface area (Å²) < 4.78 is 61.5. The highest BCUT2D eigenvalue weighted by Gasteiger charge is 2.56. The van der Waals surface area contributed by atoms with Gasteiger partial charge in [-0.05, 0) is 38.9 Å². The van der Waals surface area contributed by atoms with Gasteiger partial charge in [-0.25, -0.2) is 0 Å². The molecule has 1 heterocycles. The fraction of sp³-hybridized carbons (Fsp3) is 0.311. The largest absolute Gasteiger partial charge is 0.387 e. The van der Waals surface area contributed by atoms with Crippen LogP contribution in [0, 0.1) is 0 Å². The summed E-state index contributed by atoms with van der Waals surface area (Å²) in [5, 5.41) is 25.5. The third-order valence-corrected chi connectivity index (χ3v) is 13.0. The Morgan fingerprint density at radius 2 is 0.556 bits per heavy atom. The Morgan fingerprint density at radius 3 is 0.889 bits per heavy atom. The molecule has 0 amide bonds. The molecule has 2 unspecified atom stereocenters. The SMILES string of the molecule is O[C@@H]1C(O[C@H]2O[C@H](COCc3ccccc3)[C@@H](OCc3ccccc3)[C@H](OCc3ccccc3)[C@@H]2OCc2ccccc2)[C@@H](O)[C@@H](OCc2ccccc2)C(OCc2ccccc2)[C@H]1OCc1ccccc1. The van der Waals surface area contributed by atoms with Crippen LogP contribution in [0.5, 0.6) is 0 Å². The molecule has 1 aliphatic heterocycles. The molecule has 0 spiro atoms. The predicted octanol–water partition coefficient (Wildman–Crippen LogP) is 9.56. The molecule has 7 aromatic rings. The van der Waals surface area contributed by atoms with Crippen molar-refractivity contribution in [1.82, 2.24) is 0 Å². The van der Waals surface area contributed by atoms with Crippen LogP contribution in [0.2, 0.25) is 0 Å². The smallest absolute Gasteiger partial charge is 0.187 e. The first kappa shape index (κ1) is 51.0. The van der Waals surface area contributed by atoms with Gasteiger partial charge in [0.15, 0.2) is 6.29 Å². The van der Waals surface area contributed by atoms with Crippen molar-refractivity contribution in [2.75, 3.05) is 6.61 Å². The van der Waals surface area contributed by atoms with E-state index in [4.69, 9.17) is 42.6 Å². The number of aliphatic hydroxyl groups excluding tert-OH is 2. The van der Waals surface area contributed by atoms with Gasteiger partial charge in [0.25, 0.3) is 0 Å². The average molecular weight is 973 g/mol. The van der Waals surface area contributed by atoms with Crippen molar-refractivity contribution in [2.45, 2.75) is 114 Å². The van der Waals surface area contributed by atoms with Crippen molar-refractivity contribution in [1.29, 1.82) is 0 Å². The van der Waals surface area contributed by atoms with E-state index in [1.54, 1.807) is 0 Å². The van der Waals surface area contributed by atoms with Crippen LogP contribution < -0.4 is 0 Å². The summed E-state index contributed by atoms with van der Waals surface area (Å²) in [5.74, 6) is 0. The van der Waals surface area contributed by atoms with Gasteiger partial charge in [-0.15, -0.1) is 0 Å². The molecular weight excluding hydrogens is 909 g/mol. The number of aliphatic hydroxyl groups is 2. The van der Waals surface area contributed by atoms with Crippen LogP contribution in [0.3, 0.4) is 0 Å². The minimum atomic E-state index is -1.46. The third kappa shape index (κ3) is 14.2. The first-order valence-corrected chi connectivity index (χ1v) is 24.8. The number of benzene rings is 7. The maximum atomic E-state index is 12.8. The minimum absolute atomic E-state index is 0.0849. The molecule has 374 valence electrons. The number of hydrogen-bond donors (Lipinski definition) is 2. The Labute approximate surface area is 422 Å². The quantitative estimate of drug-likeness (QED) is 0.0602. The Kier molecular flexibility index (Phi) is 18.9. The zero-order chi connectivity index (χ0) is 49.2. The van der Waals surface area contributed by atoms with E-state index in [1.165, 1.54) is 0 Å². The van der Waals surface area contributed by atoms with Gasteiger partial charge in [0.05, 0.1) is 52.9 Å². The monoisotopic (exact) mass is 972 g/mol. The Bertz CT molecular complexity index is 2510. The van der Waals surface area contributed by atoms with Crippen molar-refractivity contribution < 1.29 is 52.8 Å². The maximum absolute atomic E-state index is 12.8. The summed E-state index contributed by atoms with van der Waals surface area (Å²) in [6, 6.07) is 68.8. The summed E-state index contributed by atoms with van der Waals surface area (Å²) in [6.45, 7) is 1.47. The average Bonchev–Trinajstić information content (AvgIpc) is 3.44. The fourth-order valence-electron chi connectivity index (χ4n) is 9.20. The van der Waals surface area contributed by atoms with E-state index in [1.807, 2.05) is 212 Å². The van der Waals surface area contributed by atoms with Gasteiger partial charge in [0.2, 0.25) is 0 Å². The molecule has 9 rings (SSSR count). The summed E-state index contributed by atoms with van der Waals surface area (Å²) in [4.78, 5) is 0. The zero-order valence-corrected chi connectivity index (χ0v) is 40.3. The number of hydrogen-bond acceptors (Lipinski definition) is 11. The lowest BCUT2D eigenvalue weighted by molar-refractivity contribution is -0.360. The Hall–Kier alpha value is -5.90. The van der Waals surface area contributed by atoms with Crippen molar-refractivity contribution in [2.24, 2.45) is 0 Å². The molecule has 1 saturated heterocycles. The summed E-state index contributed by atoms with van der Waals surface area (Å²) in [7, 11) is 0. The summed E-state index contributed by atoms with van der Waals surface area (Å²) in [6.07, 6.45) is -11.9. The van der Waals surface area contributed by atoms with Gasteiger partial charge in [0.1, 0.15) is 61.0 Å². The lowest BCUT2D eigenvalue weighted by atomic mass is 9.83. The maximum Gasteiger partial charge on any atom is 0.187 e. The lowest BCUT2D eigenvalue weighted by Gasteiger charge is -2.50. The van der Waals surface area contributed by atoms with Crippen molar-refractivity contribution >= 4 is 0 Å². The van der Waals surface area contributed by atoms with Gasteiger partial charge < -0.3 is 52.8 Å². The highest BCUT2D eigenvalue weighted by Crippen LogP contribution is 2.37. The van der Waals surface area contributed by atoms with Gasteiger partial charge in [-0.1, -0.05) is 212 Å². The van der Waals surface area contributed by atoms with E-state index in [2.05, 4.69) is 0 Å². The van der Waals surface area contributed by atoms with Crippen LogP contribution in [0.15, 0.2) is 212 Å². The van der Waals surface area contributed by atoms with Crippen molar-refractivity contribution in [3.8, 4) is 0 Å². The van der Waals surface area contributed by atoms with Crippen LogP contribution in [-0.4, -0.2) is 84.1 Å². The highest BCUT2D eigenvalue weighted by molar-refractivity contribution is 5.19. The molecule has 2 fully saturated rings. The predicted molar refractivity (Wildman–Crippen MR) is 272 cm³/mol. The topological polar surface area (TPSA) is 124 Å². The molecule has 0 bridgehead atoms. The first-order chi connectivity index (χ1) is 35.6. The fourth-order valence-corrected chi connectivity index (χ4v) is 9.20. The second-order valence-corrected chi connectivity index (χ2v) is 18.2. The Morgan fingerprint density at radius 1 is 0.292 bits per heavy atom. The van der Waals surface area contributed by atoms with E-state index in [0.717, 1.165) is 38.9 Å². The molecule has 0 aromatic heterocycles. The third-order valence-electron chi connectivity index (χ3n) is 13.0. The summed E-state index contributed by atoms with van der Waals surface area (Å²) >= 11 is 0. The van der Waals surface area contributed by atoms with E-state index in [9.17, 15) is 10.2 Å². The second-order valence-electron chi connectivity index (χ2n) is 18.2. The number of rotatable bonds is 24. The van der Waals surface area contributed by atoms with Crippen LogP contribution in [-0.2, 0) is 88.9 Å². The molecule has 11 atom stereocenters. The molecule has 7 aromatic carbocycles. The van der Waals surface area contributed by atoms with Crippen molar-refractivity contribution in [3.63, 3.8) is 0 Å². The van der Waals surface area contributed by atoms with E-state index >= 15 is 0 Å². The van der Waals surface area contributed by atoms with Crippen LogP contribution in [0.1, 0.15) is 38.9 Å². The first-order valence-electron chi connectivity index (χ1n) is 24.8. The normalized spacial score (nSPS) is 25.2. The lowest BCUT2D eigenvalue weighted by Crippen LogP contribution is -2.69. The van der Waals surface area contributed by atoms with Gasteiger partial charge in [-0.2, -0.15) is 0 Å². The standard InChI is InChI=1S/C61H64O11/c62-52-55(53(63)57(67-39-47-28-14-4-15-29-47)59(69-41-49-32-18-6-19-33-49)56(52)66-38-46-26-12-3-13-27-46)72-61-60(70-42-50-34-20-7-21-35-50)58(68-40-48-30-16-5-17-31-48)54(65-37-45-24-10-2-11-25-45)51(71-61)43-64-36-44-22-8-1-9-23-44/h1-35,51-63H,36-43H2/t51-,52-,53-,54-,55?,56-,57+,58+,59?,60+,61-/m1/s1. The van der Waals surface area contributed by atoms with Crippen molar-refractivity contribution in [3.05, 3.63) is 251 Å². The van der Waals surface area contributed by atoms with E-state index in [0.29, 0.717) is 6.61 Å². The molecule has 11 heteroatoms. The van der Waals surface area contributed by atoms with E-state index < -0.39 is 67.3 Å². The van der Waals surface area contributed by atoms with Crippen LogP contribution in [0.25, 0.3) is 0 Å². The molecule has 0 radical (unpaired) electrons. The zero-order valence-electron chi connectivity index (χ0n) is 40.3. The molecule has 11 nitrogen and oxygen atoms in total. The molecule has 2 N–H and O–H groups in total. The molecule has 1 saturated carbocycles. The minimum Gasteiger partial charge on any atom is -0.387 e. The molecule has 72 heavy (non-hydrogen) atoms. The highest BCUT2D eigenvalue weighted by atomic mass is 16.7. The molecule has 1 aliphatic carbocycles. The van der Waals surface area contributed by atoms with Crippen LogP contribution >= 0.6 is 0 Å². The van der Waals surface area contributed by atoms with Gasteiger partial charge >= 0.3 is 0 Å². The number of ether oxygens (including phenoxy) is 9. The Balaban J connectivity index is 1.08. The molecule has 2 aliphatic rings. The van der Waals surface area contributed by atoms with Gasteiger partial charge in [0, 0.05) is 0 Å². The molecular formula is C61H64O11. The van der Waals surface area contributed by atoms with Crippen LogP contribution in [0.4, 0.5) is 0 Å².